The highest BCUT2D eigenvalue weighted by molar-refractivity contribution is 5.95. The summed E-state index contributed by atoms with van der Waals surface area (Å²) in [6.07, 6.45) is 8.67. The first kappa shape index (κ1) is 23.2. The van der Waals surface area contributed by atoms with Crippen LogP contribution in [-0.4, -0.2) is 64.7 Å². The summed E-state index contributed by atoms with van der Waals surface area (Å²) in [6.45, 7) is 3.86. The Labute approximate surface area is 178 Å². The lowest BCUT2D eigenvalue weighted by atomic mass is 9.81. The third-order valence-corrected chi connectivity index (χ3v) is 7.47. The first-order chi connectivity index (χ1) is 14.3. The minimum absolute atomic E-state index is 0.0172. The Hall–Kier alpha value is -1.51. The number of nitrogens with one attached hydrogen (secondary N) is 3. The lowest BCUT2D eigenvalue weighted by Gasteiger charge is -2.32. The molecular weight excluding hydrogens is 386 g/mol. The maximum absolute atomic E-state index is 13.3. The number of carboxylic acids is 2. The van der Waals surface area contributed by atoms with Gasteiger partial charge in [-0.3, -0.25) is 25.0 Å². The minimum atomic E-state index is -0.931. The predicted molar refractivity (Wildman–Crippen MR) is 112 cm³/mol. The van der Waals surface area contributed by atoms with Crippen molar-refractivity contribution < 1.29 is 24.6 Å². The molecule has 3 rings (SSSR count). The van der Waals surface area contributed by atoms with Crippen molar-refractivity contribution in [2.24, 2.45) is 11.8 Å². The van der Waals surface area contributed by atoms with Crippen LogP contribution in [0.2, 0.25) is 0 Å². The van der Waals surface area contributed by atoms with Gasteiger partial charge >= 0.3 is 11.9 Å². The number of carboxylic acid groups (broad SMARTS) is 2. The third kappa shape index (κ3) is 5.21. The Morgan fingerprint density at radius 1 is 1.13 bits per heavy atom. The van der Waals surface area contributed by atoms with Crippen LogP contribution >= 0.6 is 0 Å². The summed E-state index contributed by atoms with van der Waals surface area (Å²) in [6, 6.07) is -2.09. The van der Waals surface area contributed by atoms with E-state index in [9.17, 15) is 24.6 Å². The van der Waals surface area contributed by atoms with E-state index in [4.69, 9.17) is 0 Å². The molecule has 5 atom stereocenters. The monoisotopic (exact) mass is 423 g/mol. The molecule has 3 aliphatic rings. The Balaban J connectivity index is 1.51. The lowest BCUT2D eigenvalue weighted by Crippen LogP contribution is -2.59. The van der Waals surface area contributed by atoms with Crippen LogP contribution in [0.5, 0.6) is 0 Å². The van der Waals surface area contributed by atoms with Gasteiger partial charge in [0.15, 0.2) is 5.78 Å². The van der Waals surface area contributed by atoms with Crippen molar-refractivity contribution in [2.45, 2.75) is 94.8 Å². The van der Waals surface area contributed by atoms with Gasteiger partial charge in [0.25, 0.3) is 0 Å². The van der Waals surface area contributed by atoms with Crippen LogP contribution in [0.25, 0.3) is 0 Å². The van der Waals surface area contributed by atoms with Crippen LogP contribution in [0.1, 0.15) is 71.1 Å². The van der Waals surface area contributed by atoms with Gasteiger partial charge < -0.3 is 15.5 Å². The molecule has 2 heterocycles. The Kier molecular flexibility index (Phi) is 7.87. The average molecular weight is 424 g/mol. The normalized spacial score (nSPS) is 31.2. The number of unbranched alkanes of at least 4 members (excludes halogenated alkanes) is 1. The number of hydrogen-bond acceptors (Lipinski definition) is 6. The van der Waals surface area contributed by atoms with E-state index in [-0.39, 0.29) is 11.7 Å². The number of fused-ring (bicyclic) bond motifs is 1. The number of ketones is 1. The van der Waals surface area contributed by atoms with E-state index in [0.717, 1.165) is 51.1 Å². The van der Waals surface area contributed by atoms with Crippen LogP contribution in [-0.2, 0) is 14.4 Å². The van der Waals surface area contributed by atoms with E-state index in [0.29, 0.717) is 19.3 Å². The van der Waals surface area contributed by atoms with E-state index >= 15 is 0 Å². The Bertz CT molecular complexity index is 636. The van der Waals surface area contributed by atoms with Gasteiger partial charge in [-0.15, -0.1) is 0 Å². The summed E-state index contributed by atoms with van der Waals surface area (Å²) >= 11 is 0. The van der Waals surface area contributed by atoms with Crippen molar-refractivity contribution >= 4 is 17.7 Å². The quantitative estimate of drug-likeness (QED) is 0.317. The lowest BCUT2D eigenvalue weighted by molar-refractivity contribution is -0.140. The minimum Gasteiger partial charge on any atom is -0.480 e. The molecule has 0 bridgehead atoms. The highest BCUT2D eigenvalue weighted by Crippen LogP contribution is 2.44. The maximum atomic E-state index is 13.3. The number of piperidine rings is 1. The highest BCUT2D eigenvalue weighted by atomic mass is 16.4. The summed E-state index contributed by atoms with van der Waals surface area (Å²) in [5, 5.41) is 28.5. The molecule has 1 aliphatic carbocycles. The molecule has 0 radical (unpaired) electrons. The van der Waals surface area contributed by atoms with Crippen molar-refractivity contribution in [2.75, 3.05) is 13.1 Å². The molecule has 0 aromatic rings. The number of hydrogen-bond donors (Lipinski definition) is 5. The smallest absolute Gasteiger partial charge is 0.320 e. The standard InChI is InChI=1S/C22H37N3O5/c1-14(19(26)22-10-4-6-16(22)13-18(25-22)21(29)30)24-17(20(27)28)7-3-2-5-15-8-11-23-12-9-15/h14-18,23-25H,2-13H2,1H3,(H,27,28)(H,29,30)/t14-,16?,17-,18-,22-/m0/s1. The summed E-state index contributed by atoms with van der Waals surface area (Å²) in [4.78, 5) is 36.5. The molecule has 5 N–H and O–H groups in total. The summed E-state index contributed by atoms with van der Waals surface area (Å²) in [5.41, 5.74) is -0.826. The van der Waals surface area contributed by atoms with Crippen molar-refractivity contribution in [1.29, 1.82) is 0 Å². The zero-order valence-electron chi connectivity index (χ0n) is 18.0. The van der Waals surface area contributed by atoms with Gasteiger partial charge in [0.2, 0.25) is 0 Å². The zero-order valence-corrected chi connectivity index (χ0v) is 18.0. The van der Waals surface area contributed by atoms with Gasteiger partial charge in [-0.1, -0.05) is 25.7 Å². The van der Waals surface area contributed by atoms with Crippen molar-refractivity contribution in [3.63, 3.8) is 0 Å². The molecule has 30 heavy (non-hydrogen) atoms. The molecule has 2 saturated heterocycles. The van der Waals surface area contributed by atoms with Crippen molar-refractivity contribution in [3.8, 4) is 0 Å². The largest absolute Gasteiger partial charge is 0.480 e. The number of carbonyl (C=O) groups excluding carboxylic acids is 1. The number of carbonyl (C=O) groups is 3. The van der Waals surface area contributed by atoms with Gasteiger partial charge in [0, 0.05) is 0 Å². The molecule has 8 nitrogen and oxygen atoms in total. The second-order valence-electron chi connectivity index (χ2n) is 9.45. The van der Waals surface area contributed by atoms with Crippen LogP contribution < -0.4 is 16.0 Å². The fraction of sp³-hybridized carbons (Fsp3) is 0.864. The highest BCUT2D eigenvalue weighted by Gasteiger charge is 2.56. The van der Waals surface area contributed by atoms with Gasteiger partial charge in [0.1, 0.15) is 12.1 Å². The van der Waals surface area contributed by atoms with Crippen LogP contribution in [0.3, 0.4) is 0 Å². The molecule has 2 aliphatic heterocycles. The van der Waals surface area contributed by atoms with Crippen LogP contribution in [0, 0.1) is 11.8 Å². The van der Waals surface area contributed by atoms with E-state index in [2.05, 4.69) is 16.0 Å². The van der Waals surface area contributed by atoms with Crippen molar-refractivity contribution in [3.05, 3.63) is 0 Å². The van der Waals surface area contributed by atoms with Gasteiger partial charge in [-0.25, -0.2) is 0 Å². The van der Waals surface area contributed by atoms with Gasteiger partial charge in [-0.05, 0) is 70.4 Å². The molecule has 0 aromatic carbocycles. The summed E-state index contributed by atoms with van der Waals surface area (Å²) < 4.78 is 0. The fourth-order valence-corrected chi connectivity index (χ4v) is 5.79. The van der Waals surface area contributed by atoms with Crippen molar-refractivity contribution in [1.82, 2.24) is 16.0 Å². The average Bonchev–Trinajstić information content (AvgIpc) is 3.28. The van der Waals surface area contributed by atoms with E-state index < -0.39 is 35.6 Å². The number of rotatable bonds is 11. The maximum Gasteiger partial charge on any atom is 0.320 e. The second-order valence-corrected chi connectivity index (χ2v) is 9.45. The zero-order chi connectivity index (χ0) is 21.7. The summed E-state index contributed by atoms with van der Waals surface area (Å²) in [7, 11) is 0. The number of aliphatic carboxylic acids is 2. The SMILES string of the molecule is C[C@H](N[C@@H](CCCCC1CCNCC1)C(=O)O)C(=O)[C@]12CCCC1C[C@@H](C(=O)O)N2. The molecule has 0 amide bonds. The van der Waals surface area contributed by atoms with E-state index in [1.54, 1.807) is 6.92 Å². The third-order valence-electron chi connectivity index (χ3n) is 7.47. The molecular formula is C22H37N3O5. The molecule has 0 aromatic heterocycles. The molecule has 3 fully saturated rings. The van der Waals surface area contributed by atoms with E-state index in [1.165, 1.54) is 12.8 Å². The van der Waals surface area contributed by atoms with Crippen LogP contribution in [0.15, 0.2) is 0 Å². The molecule has 8 heteroatoms. The molecule has 170 valence electrons. The fourth-order valence-electron chi connectivity index (χ4n) is 5.79. The molecule has 1 unspecified atom stereocenters. The Morgan fingerprint density at radius 3 is 2.53 bits per heavy atom. The molecule has 1 saturated carbocycles. The summed E-state index contributed by atoms with van der Waals surface area (Å²) in [5.74, 6) is -1.19. The number of Topliss-reactive ketones (excluding diaryl/α,β-unsaturated/α-hetero) is 1. The predicted octanol–water partition coefficient (Wildman–Crippen LogP) is 1.53. The first-order valence-corrected chi connectivity index (χ1v) is 11.6. The van der Waals surface area contributed by atoms with Gasteiger partial charge in [-0.2, -0.15) is 0 Å². The topological polar surface area (TPSA) is 128 Å². The first-order valence-electron chi connectivity index (χ1n) is 11.6. The molecule has 0 spiro atoms. The van der Waals surface area contributed by atoms with Crippen LogP contribution in [0.4, 0.5) is 0 Å². The van der Waals surface area contributed by atoms with E-state index in [1.807, 2.05) is 0 Å². The van der Waals surface area contributed by atoms with Gasteiger partial charge in [0.05, 0.1) is 11.6 Å². The Morgan fingerprint density at radius 2 is 1.87 bits per heavy atom. The second kappa shape index (κ2) is 10.2.